The van der Waals surface area contributed by atoms with Crippen LogP contribution in [-0.2, 0) is 0 Å². The van der Waals surface area contributed by atoms with Crippen molar-refractivity contribution < 1.29 is 9.12 Å². The summed E-state index contributed by atoms with van der Waals surface area (Å²) < 4.78 is 14.0. The molecule has 0 N–H and O–H groups in total. The van der Waals surface area contributed by atoms with Crippen LogP contribution in [0.4, 0.5) is 4.39 Å². The molecular formula is C9H4Cl3FN2O. The Morgan fingerprint density at radius 2 is 1.94 bits per heavy atom. The van der Waals surface area contributed by atoms with Gasteiger partial charge < -0.3 is 5.21 Å². The van der Waals surface area contributed by atoms with Crippen molar-refractivity contribution >= 4 is 45.6 Å². The summed E-state index contributed by atoms with van der Waals surface area (Å²) in [5, 5.41) is 11.0. The molecule has 84 valence electrons. The quantitative estimate of drug-likeness (QED) is 0.422. The fraction of sp³-hybridized carbons (Fsp3) is 0.111. The molecule has 0 spiro atoms. The lowest BCUT2D eigenvalue weighted by Gasteiger charge is -2.08. The van der Waals surface area contributed by atoms with Crippen LogP contribution in [0.1, 0.15) is 5.56 Å². The lowest BCUT2D eigenvalue weighted by Crippen LogP contribution is -2.28. The Hall–Kier alpha value is -0.840. The van der Waals surface area contributed by atoms with Gasteiger partial charge in [0.15, 0.2) is 6.20 Å². The second-order valence-electron chi connectivity index (χ2n) is 3.17. The first-order valence-corrected chi connectivity index (χ1v) is 5.29. The molecule has 16 heavy (non-hydrogen) atoms. The molecule has 3 nitrogen and oxygen atoms in total. The zero-order valence-electron chi connectivity index (χ0n) is 7.89. The molecule has 7 heteroatoms. The van der Waals surface area contributed by atoms with Gasteiger partial charge >= 0.3 is 5.15 Å². The first kappa shape index (κ1) is 11.6. The van der Waals surface area contributed by atoms with Gasteiger partial charge in [0, 0.05) is 5.39 Å². The van der Waals surface area contributed by atoms with Gasteiger partial charge in [-0.2, -0.15) is 9.12 Å². The van der Waals surface area contributed by atoms with Crippen molar-refractivity contribution in [2.75, 3.05) is 0 Å². The predicted molar refractivity (Wildman–Crippen MR) is 60.4 cm³/mol. The summed E-state index contributed by atoms with van der Waals surface area (Å²) in [5.41, 5.74) is 0.390. The zero-order valence-corrected chi connectivity index (χ0v) is 10.2. The third-order valence-electron chi connectivity index (χ3n) is 2.21. The standard InChI is InChI=1S/C9H4Cl3FN2O/c1-3-5-4(8(11)14-7(3)10)2-15(16)9(12)6(5)13/h2H,1H3. The summed E-state index contributed by atoms with van der Waals surface area (Å²) in [7, 11) is 0. The predicted octanol–water partition coefficient (Wildman–Crippen LogP) is 3.28. The van der Waals surface area contributed by atoms with Crippen LogP contribution >= 0.6 is 34.8 Å². The summed E-state index contributed by atoms with van der Waals surface area (Å²) in [6.07, 6.45) is 1.07. The van der Waals surface area contributed by atoms with Crippen molar-refractivity contribution in [2.24, 2.45) is 0 Å². The van der Waals surface area contributed by atoms with E-state index in [0.29, 0.717) is 5.56 Å². The maximum atomic E-state index is 13.8. The Kier molecular flexibility index (Phi) is 2.82. The Morgan fingerprint density at radius 3 is 2.56 bits per heavy atom. The van der Waals surface area contributed by atoms with Crippen molar-refractivity contribution in [3.05, 3.63) is 38.2 Å². The molecule has 0 radical (unpaired) electrons. The minimum absolute atomic E-state index is 0.0363. The Labute approximate surface area is 105 Å². The fourth-order valence-electron chi connectivity index (χ4n) is 1.41. The van der Waals surface area contributed by atoms with Crippen LogP contribution in [0.25, 0.3) is 10.8 Å². The first-order valence-electron chi connectivity index (χ1n) is 4.16. The second-order valence-corrected chi connectivity index (χ2v) is 4.24. The normalized spacial score (nSPS) is 11.1. The highest BCUT2D eigenvalue weighted by molar-refractivity contribution is 6.37. The number of aryl methyl sites for hydroxylation is 1. The Balaban J connectivity index is 3.07. The molecule has 0 aliphatic heterocycles. The molecule has 0 fully saturated rings. The van der Waals surface area contributed by atoms with Crippen LogP contribution in [-0.4, -0.2) is 4.98 Å². The van der Waals surface area contributed by atoms with Gasteiger partial charge in [-0.05, 0) is 24.1 Å². The van der Waals surface area contributed by atoms with Crippen molar-refractivity contribution in [1.82, 2.24) is 4.98 Å². The summed E-state index contributed by atoms with van der Waals surface area (Å²) in [6, 6.07) is 0. The average molecular weight is 282 g/mol. The van der Waals surface area contributed by atoms with Crippen LogP contribution < -0.4 is 4.73 Å². The van der Waals surface area contributed by atoms with Crippen molar-refractivity contribution in [2.45, 2.75) is 6.92 Å². The van der Waals surface area contributed by atoms with Gasteiger partial charge in [0.05, 0.1) is 5.39 Å². The largest absolute Gasteiger partial charge is 0.618 e. The van der Waals surface area contributed by atoms with E-state index in [1.165, 1.54) is 0 Å². The van der Waals surface area contributed by atoms with E-state index in [1.807, 2.05) is 0 Å². The molecule has 0 saturated carbocycles. The maximum absolute atomic E-state index is 13.8. The molecule has 2 heterocycles. The van der Waals surface area contributed by atoms with Gasteiger partial charge in [0.2, 0.25) is 5.82 Å². The maximum Gasteiger partial charge on any atom is 0.323 e. The second kappa shape index (κ2) is 3.87. The SMILES string of the molecule is Cc1c(Cl)nc(Cl)c2c[n+]([O-])c(Cl)c(F)c12. The van der Waals surface area contributed by atoms with Gasteiger partial charge in [-0.1, -0.05) is 23.2 Å². The van der Waals surface area contributed by atoms with E-state index >= 15 is 0 Å². The molecule has 0 aliphatic rings. The van der Waals surface area contributed by atoms with Crippen molar-refractivity contribution in [3.63, 3.8) is 0 Å². The van der Waals surface area contributed by atoms with Gasteiger partial charge in [0.25, 0.3) is 0 Å². The minimum Gasteiger partial charge on any atom is -0.618 e. The van der Waals surface area contributed by atoms with Crippen LogP contribution in [0.15, 0.2) is 6.20 Å². The van der Waals surface area contributed by atoms with Crippen LogP contribution in [0, 0.1) is 17.9 Å². The molecule has 0 amide bonds. The van der Waals surface area contributed by atoms with Gasteiger partial charge in [-0.25, -0.2) is 4.98 Å². The molecule has 2 aromatic heterocycles. The van der Waals surface area contributed by atoms with Crippen LogP contribution in [0.5, 0.6) is 0 Å². The van der Waals surface area contributed by atoms with E-state index in [0.717, 1.165) is 6.20 Å². The van der Waals surface area contributed by atoms with Gasteiger partial charge in [-0.3, -0.25) is 0 Å². The topological polar surface area (TPSA) is 39.8 Å². The summed E-state index contributed by atoms with van der Waals surface area (Å²) in [4.78, 5) is 3.78. The molecule has 2 aromatic rings. The van der Waals surface area contributed by atoms with E-state index in [4.69, 9.17) is 34.8 Å². The highest BCUT2D eigenvalue weighted by Crippen LogP contribution is 2.31. The summed E-state index contributed by atoms with van der Waals surface area (Å²) in [6.45, 7) is 1.57. The minimum atomic E-state index is -0.849. The lowest BCUT2D eigenvalue weighted by atomic mass is 10.1. The molecular weight excluding hydrogens is 277 g/mol. The number of nitrogens with zero attached hydrogens (tertiary/aromatic N) is 2. The smallest absolute Gasteiger partial charge is 0.323 e. The summed E-state index contributed by atoms with van der Waals surface area (Å²) in [5.74, 6) is -0.849. The van der Waals surface area contributed by atoms with Crippen LogP contribution in [0.3, 0.4) is 0 Å². The van der Waals surface area contributed by atoms with E-state index in [2.05, 4.69) is 4.98 Å². The number of rotatable bonds is 0. The molecule has 0 saturated heterocycles. The highest BCUT2D eigenvalue weighted by Gasteiger charge is 2.21. The Bertz CT molecular complexity index is 603. The third-order valence-corrected chi connectivity index (χ3v) is 3.20. The molecule has 0 aliphatic carbocycles. The van der Waals surface area contributed by atoms with E-state index in [9.17, 15) is 9.60 Å². The first-order chi connectivity index (χ1) is 7.43. The molecule has 0 atom stereocenters. The third kappa shape index (κ3) is 1.57. The number of aromatic nitrogens is 2. The number of hydrogen-bond acceptors (Lipinski definition) is 2. The highest BCUT2D eigenvalue weighted by atomic mass is 35.5. The summed E-state index contributed by atoms with van der Waals surface area (Å²) >= 11 is 17.0. The number of halogens is 4. The monoisotopic (exact) mass is 280 g/mol. The van der Waals surface area contributed by atoms with Crippen molar-refractivity contribution in [3.8, 4) is 0 Å². The van der Waals surface area contributed by atoms with Gasteiger partial charge in [-0.15, -0.1) is 0 Å². The average Bonchev–Trinajstić information content (AvgIpc) is 2.22. The molecule has 0 bridgehead atoms. The van der Waals surface area contributed by atoms with Crippen molar-refractivity contribution in [1.29, 1.82) is 0 Å². The number of fused-ring (bicyclic) bond motifs is 1. The fourth-order valence-corrected chi connectivity index (χ4v) is 2.01. The van der Waals surface area contributed by atoms with Crippen LogP contribution in [0.2, 0.25) is 15.5 Å². The van der Waals surface area contributed by atoms with E-state index in [-0.39, 0.29) is 25.8 Å². The number of pyridine rings is 2. The lowest BCUT2D eigenvalue weighted by molar-refractivity contribution is -0.603. The molecule has 2 rings (SSSR count). The molecule has 0 unspecified atom stereocenters. The van der Waals surface area contributed by atoms with E-state index in [1.54, 1.807) is 6.92 Å². The van der Waals surface area contributed by atoms with Gasteiger partial charge in [0.1, 0.15) is 10.3 Å². The Morgan fingerprint density at radius 1 is 1.31 bits per heavy atom. The zero-order chi connectivity index (χ0) is 12.0. The number of hydrogen-bond donors (Lipinski definition) is 0. The molecule has 0 aromatic carbocycles. The van der Waals surface area contributed by atoms with E-state index < -0.39 is 11.0 Å².